The number of hydrogen-bond donors (Lipinski definition) is 1. The fourth-order valence-corrected chi connectivity index (χ4v) is 4.53. The van der Waals surface area contributed by atoms with E-state index in [-0.39, 0.29) is 0 Å². The lowest BCUT2D eigenvalue weighted by Gasteiger charge is -2.26. The van der Waals surface area contributed by atoms with Gasteiger partial charge in [-0.05, 0) is 35.6 Å². The average Bonchev–Trinajstić information content (AvgIpc) is 3.05. The van der Waals surface area contributed by atoms with Gasteiger partial charge >= 0.3 is 0 Å². The molecule has 4 heteroatoms. The number of thiophene rings is 1. The molecule has 3 nitrogen and oxygen atoms in total. The number of fused-ring (bicyclic) bond motifs is 1. The molecule has 0 aliphatic carbocycles. The summed E-state index contributed by atoms with van der Waals surface area (Å²) in [6, 6.07) is 11.5. The summed E-state index contributed by atoms with van der Waals surface area (Å²) in [6.07, 6.45) is 2.31. The van der Waals surface area contributed by atoms with Crippen molar-refractivity contribution in [1.82, 2.24) is 10.2 Å². The van der Waals surface area contributed by atoms with Crippen LogP contribution < -0.4 is 5.32 Å². The Morgan fingerprint density at radius 3 is 2.74 bits per heavy atom. The van der Waals surface area contributed by atoms with Crippen LogP contribution in [0.4, 0.5) is 0 Å². The molecule has 23 heavy (non-hydrogen) atoms. The first-order valence-corrected chi connectivity index (χ1v) is 9.42. The second-order valence-corrected chi connectivity index (χ2v) is 7.52. The van der Waals surface area contributed by atoms with E-state index in [0.29, 0.717) is 0 Å². The molecule has 1 aromatic carbocycles. The summed E-state index contributed by atoms with van der Waals surface area (Å²) in [5.74, 6) is 0. The number of ether oxygens (including phenoxy) is 1. The molecule has 0 amide bonds. The molecule has 1 saturated heterocycles. The summed E-state index contributed by atoms with van der Waals surface area (Å²) in [5, 5.41) is 3.46. The van der Waals surface area contributed by atoms with Crippen LogP contribution >= 0.6 is 11.3 Å². The zero-order chi connectivity index (χ0) is 15.5. The first-order chi connectivity index (χ1) is 11.4. The van der Waals surface area contributed by atoms with Gasteiger partial charge in [0.1, 0.15) is 0 Å². The van der Waals surface area contributed by atoms with E-state index in [4.69, 9.17) is 4.74 Å². The van der Waals surface area contributed by atoms with Crippen molar-refractivity contribution < 1.29 is 4.74 Å². The van der Waals surface area contributed by atoms with Crippen molar-refractivity contribution in [2.75, 3.05) is 39.4 Å². The van der Waals surface area contributed by atoms with Crippen LogP contribution in [-0.2, 0) is 24.1 Å². The monoisotopic (exact) mass is 328 g/mol. The van der Waals surface area contributed by atoms with Crippen molar-refractivity contribution in [2.24, 2.45) is 0 Å². The Morgan fingerprint density at radius 1 is 1.13 bits per heavy atom. The van der Waals surface area contributed by atoms with Crippen LogP contribution in [0.5, 0.6) is 0 Å². The molecular weight excluding hydrogens is 304 g/mol. The van der Waals surface area contributed by atoms with Crippen molar-refractivity contribution in [2.45, 2.75) is 19.4 Å². The van der Waals surface area contributed by atoms with E-state index in [1.807, 2.05) is 11.3 Å². The van der Waals surface area contributed by atoms with Crippen LogP contribution in [0.15, 0.2) is 30.3 Å². The lowest BCUT2D eigenvalue weighted by Crippen LogP contribution is -2.37. The number of benzene rings is 1. The van der Waals surface area contributed by atoms with Crippen molar-refractivity contribution in [1.29, 1.82) is 0 Å². The van der Waals surface area contributed by atoms with E-state index in [1.165, 1.54) is 28.0 Å². The summed E-state index contributed by atoms with van der Waals surface area (Å²) in [4.78, 5) is 5.48. The second kappa shape index (κ2) is 7.14. The molecule has 1 N–H and O–H groups in total. The number of rotatable bonds is 4. The van der Waals surface area contributed by atoms with Gasteiger partial charge in [-0.25, -0.2) is 0 Å². The largest absolute Gasteiger partial charge is 0.379 e. The minimum absolute atomic E-state index is 0.886. The van der Waals surface area contributed by atoms with Crippen LogP contribution in [0.1, 0.15) is 16.0 Å². The number of nitrogens with zero attached hydrogens (tertiary/aromatic N) is 1. The lowest BCUT2D eigenvalue weighted by molar-refractivity contribution is 0.0384. The zero-order valence-electron chi connectivity index (χ0n) is 13.5. The van der Waals surface area contributed by atoms with E-state index in [0.717, 1.165) is 52.4 Å². The summed E-state index contributed by atoms with van der Waals surface area (Å²) < 4.78 is 5.41. The predicted octanol–water partition coefficient (Wildman–Crippen LogP) is 2.94. The summed E-state index contributed by atoms with van der Waals surface area (Å²) in [5.41, 5.74) is 4.29. The normalized spacial score (nSPS) is 18.8. The molecule has 0 bridgehead atoms. The summed E-state index contributed by atoms with van der Waals surface area (Å²) in [6.45, 7) is 7.21. The van der Waals surface area contributed by atoms with E-state index in [1.54, 1.807) is 4.88 Å². The Morgan fingerprint density at radius 2 is 1.96 bits per heavy atom. The van der Waals surface area contributed by atoms with Gasteiger partial charge in [0, 0.05) is 42.5 Å². The minimum atomic E-state index is 0.886. The molecule has 2 aromatic rings. The molecule has 1 aromatic heterocycles. The zero-order valence-corrected chi connectivity index (χ0v) is 14.3. The Balaban J connectivity index is 1.40. The third-order valence-electron chi connectivity index (χ3n) is 4.80. The van der Waals surface area contributed by atoms with Crippen LogP contribution in [0.25, 0.3) is 10.4 Å². The quantitative estimate of drug-likeness (QED) is 0.934. The Kier molecular flexibility index (Phi) is 4.76. The van der Waals surface area contributed by atoms with E-state index in [9.17, 15) is 0 Å². The number of nitrogens with one attached hydrogen (secondary N) is 1. The van der Waals surface area contributed by atoms with Crippen LogP contribution in [-0.4, -0.2) is 44.3 Å². The van der Waals surface area contributed by atoms with Crippen LogP contribution in [0.3, 0.4) is 0 Å². The molecule has 0 spiro atoms. The molecule has 2 aliphatic rings. The van der Waals surface area contributed by atoms with Gasteiger partial charge in [0.25, 0.3) is 0 Å². The SMILES string of the molecule is c1cc(-c2cc3c(s2)CCNC3)ccc1CCN1CCOCC1. The standard InChI is InChI=1S/C19H24N2OS/c1-3-16(19-13-17-14-20-7-5-18(17)23-19)4-2-15(1)6-8-21-9-11-22-12-10-21/h1-4,13,20H,5-12,14H2. The topological polar surface area (TPSA) is 24.5 Å². The predicted molar refractivity (Wildman–Crippen MR) is 96.1 cm³/mol. The summed E-state index contributed by atoms with van der Waals surface area (Å²) in [7, 11) is 0. The first kappa shape index (κ1) is 15.3. The highest BCUT2D eigenvalue weighted by Gasteiger charge is 2.14. The molecule has 122 valence electrons. The van der Waals surface area contributed by atoms with Crippen molar-refractivity contribution in [3.05, 3.63) is 46.3 Å². The van der Waals surface area contributed by atoms with Gasteiger partial charge in [-0.15, -0.1) is 11.3 Å². The number of hydrogen-bond acceptors (Lipinski definition) is 4. The van der Waals surface area contributed by atoms with E-state index >= 15 is 0 Å². The fraction of sp³-hybridized carbons (Fsp3) is 0.474. The molecule has 0 radical (unpaired) electrons. The maximum absolute atomic E-state index is 5.41. The highest BCUT2D eigenvalue weighted by molar-refractivity contribution is 7.15. The molecule has 0 atom stereocenters. The van der Waals surface area contributed by atoms with Gasteiger partial charge in [-0.3, -0.25) is 4.90 Å². The molecule has 0 unspecified atom stereocenters. The lowest BCUT2D eigenvalue weighted by atomic mass is 10.1. The maximum Gasteiger partial charge on any atom is 0.0594 e. The molecule has 1 fully saturated rings. The number of morpholine rings is 1. The third-order valence-corrected chi connectivity index (χ3v) is 6.09. The van der Waals surface area contributed by atoms with Gasteiger partial charge in [0.15, 0.2) is 0 Å². The van der Waals surface area contributed by atoms with Gasteiger partial charge in [0.05, 0.1) is 13.2 Å². The molecular formula is C19H24N2OS. The van der Waals surface area contributed by atoms with E-state index < -0.39 is 0 Å². The van der Waals surface area contributed by atoms with Gasteiger partial charge in [-0.2, -0.15) is 0 Å². The molecule has 0 saturated carbocycles. The van der Waals surface area contributed by atoms with Crippen molar-refractivity contribution in [3.8, 4) is 10.4 Å². The molecule has 3 heterocycles. The highest BCUT2D eigenvalue weighted by atomic mass is 32.1. The van der Waals surface area contributed by atoms with Crippen molar-refractivity contribution in [3.63, 3.8) is 0 Å². The third kappa shape index (κ3) is 3.66. The second-order valence-electron chi connectivity index (χ2n) is 6.39. The van der Waals surface area contributed by atoms with E-state index in [2.05, 4.69) is 40.5 Å². The molecule has 4 rings (SSSR count). The highest BCUT2D eigenvalue weighted by Crippen LogP contribution is 2.33. The minimum Gasteiger partial charge on any atom is -0.379 e. The van der Waals surface area contributed by atoms with Gasteiger partial charge in [-0.1, -0.05) is 24.3 Å². The first-order valence-electron chi connectivity index (χ1n) is 8.60. The Bertz CT molecular complexity index is 620. The van der Waals surface area contributed by atoms with Gasteiger partial charge in [0.2, 0.25) is 0 Å². The average molecular weight is 328 g/mol. The fourth-order valence-electron chi connectivity index (χ4n) is 3.34. The Labute approximate surface area is 142 Å². The van der Waals surface area contributed by atoms with Gasteiger partial charge < -0.3 is 10.1 Å². The summed E-state index contributed by atoms with van der Waals surface area (Å²) >= 11 is 1.97. The molecule has 2 aliphatic heterocycles. The van der Waals surface area contributed by atoms with Crippen LogP contribution in [0, 0.1) is 0 Å². The maximum atomic E-state index is 5.41. The smallest absolute Gasteiger partial charge is 0.0594 e. The van der Waals surface area contributed by atoms with Crippen molar-refractivity contribution >= 4 is 11.3 Å². The Hall–Kier alpha value is -1.20. The van der Waals surface area contributed by atoms with Crippen LogP contribution in [0.2, 0.25) is 0 Å².